The summed E-state index contributed by atoms with van der Waals surface area (Å²) in [5.41, 5.74) is 0.181. The van der Waals surface area contributed by atoms with Gasteiger partial charge in [-0.15, -0.1) is 0 Å². The van der Waals surface area contributed by atoms with E-state index in [2.05, 4.69) is 26.0 Å². The van der Waals surface area contributed by atoms with E-state index < -0.39 is 11.0 Å². The molecule has 0 heterocycles. The number of anilines is 1. The third kappa shape index (κ3) is 2.91. The highest BCUT2D eigenvalue weighted by Crippen LogP contribution is 2.27. The molecule has 0 saturated heterocycles. The average molecular weight is 275 g/mol. The van der Waals surface area contributed by atoms with Crippen molar-refractivity contribution in [3.8, 4) is 0 Å². The minimum absolute atomic E-state index is 0.121. The summed E-state index contributed by atoms with van der Waals surface area (Å²) in [5, 5.41) is 12.9. The van der Waals surface area contributed by atoms with Gasteiger partial charge in [-0.25, -0.2) is 4.79 Å². The highest BCUT2D eigenvalue weighted by Gasteiger charge is 2.13. The maximum Gasteiger partial charge on any atom is 0.411 e. The van der Waals surface area contributed by atoms with Gasteiger partial charge in [0.05, 0.1) is 22.2 Å². The predicted octanol–water partition coefficient (Wildman–Crippen LogP) is 2.54. The molecule has 7 heteroatoms. The Bertz CT molecular complexity index is 408. The molecule has 0 saturated carbocycles. The summed E-state index contributed by atoms with van der Waals surface area (Å²) in [6.07, 6.45) is -0.674. The number of methoxy groups -OCH3 is 1. The largest absolute Gasteiger partial charge is 0.453 e. The fourth-order valence-corrected chi connectivity index (χ4v) is 1.29. The van der Waals surface area contributed by atoms with Crippen LogP contribution in [-0.4, -0.2) is 18.1 Å². The molecule has 1 aromatic carbocycles. The van der Waals surface area contributed by atoms with E-state index in [0.717, 1.165) is 0 Å². The molecule has 1 N–H and O–H groups in total. The Kier molecular flexibility index (Phi) is 3.62. The number of nitro benzene ring substituents is 1. The molecule has 0 bridgehead atoms. The lowest BCUT2D eigenvalue weighted by atomic mass is 10.3. The fourth-order valence-electron chi connectivity index (χ4n) is 0.899. The highest BCUT2D eigenvalue weighted by atomic mass is 79.9. The number of nitro groups is 1. The zero-order valence-electron chi connectivity index (χ0n) is 7.69. The quantitative estimate of drug-likeness (QED) is 0.664. The standard InChI is InChI=1S/C8H7BrN2O4/c1-15-8(12)10-5-2-3-6(9)7(4-5)11(13)14/h2-4H,1H3,(H,10,12). The second-order valence-electron chi connectivity index (χ2n) is 2.54. The fraction of sp³-hybridized carbons (Fsp3) is 0.125. The lowest BCUT2D eigenvalue weighted by Crippen LogP contribution is -2.10. The number of rotatable bonds is 2. The van der Waals surface area contributed by atoms with Crippen LogP contribution in [0, 0.1) is 10.1 Å². The van der Waals surface area contributed by atoms with Gasteiger partial charge in [0.1, 0.15) is 0 Å². The summed E-state index contributed by atoms with van der Waals surface area (Å²) in [6.45, 7) is 0. The topological polar surface area (TPSA) is 81.5 Å². The van der Waals surface area contributed by atoms with Gasteiger partial charge in [-0.1, -0.05) is 0 Å². The zero-order valence-corrected chi connectivity index (χ0v) is 9.28. The van der Waals surface area contributed by atoms with Crippen molar-refractivity contribution in [2.75, 3.05) is 12.4 Å². The lowest BCUT2D eigenvalue weighted by molar-refractivity contribution is -0.385. The molecule has 0 aliphatic rings. The first-order valence-electron chi connectivity index (χ1n) is 3.83. The summed E-state index contributed by atoms with van der Waals surface area (Å²) in [5.74, 6) is 0. The molecular formula is C8H7BrN2O4. The maximum absolute atomic E-state index is 10.8. The van der Waals surface area contributed by atoms with Crippen LogP contribution in [0.1, 0.15) is 0 Å². The molecule has 0 aliphatic heterocycles. The number of ether oxygens (including phenoxy) is 1. The smallest absolute Gasteiger partial charge is 0.411 e. The second-order valence-corrected chi connectivity index (χ2v) is 3.39. The van der Waals surface area contributed by atoms with Gasteiger partial charge >= 0.3 is 6.09 Å². The number of amides is 1. The van der Waals surface area contributed by atoms with Crippen LogP contribution in [0.5, 0.6) is 0 Å². The molecule has 0 fully saturated rings. The Hall–Kier alpha value is -1.63. The Morgan fingerprint density at radius 1 is 1.60 bits per heavy atom. The van der Waals surface area contributed by atoms with Crippen LogP contribution in [0.25, 0.3) is 0 Å². The second kappa shape index (κ2) is 4.74. The summed E-state index contributed by atoms with van der Waals surface area (Å²) in [7, 11) is 1.21. The number of hydrogen-bond acceptors (Lipinski definition) is 4. The summed E-state index contributed by atoms with van der Waals surface area (Å²) < 4.78 is 4.70. The monoisotopic (exact) mass is 274 g/mol. The SMILES string of the molecule is COC(=O)Nc1ccc(Br)c([N+](=O)[O-])c1. The van der Waals surface area contributed by atoms with Gasteiger partial charge in [-0.3, -0.25) is 15.4 Å². The molecule has 0 aromatic heterocycles. The molecule has 80 valence electrons. The zero-order chi connectivity index (χ0) is 11.4. The number of carbonyl (C=O) groups is 1. The van der Waals surface area contributed by atoms with Gasteiger partial charge in [-0.05, 0) is 28.1 Å². The van der Waals surface area contributed by atoms with Gasteiger partial charge in [-0.2, -0.15) is 0 Å². The normalized spacial score (nSPS) is 9.47. The van der Waals surface area contributed by atoms with Gasteiger partial charge in [0, 0.05) is 6.07 Å². The van der Waals surface area contributed by atoms with Crippen LogP contribution in [0.2, 0.25) is 0 Å². The minimum Gasteiger partial charge on any atom is -0.453 e. The predicted molar refractivity (Wildman–Crippen MR) is 56.8 cm³/mol. The number of nitrogens with zero attached hydrogens (tertiary/aromatic N) is 1. The third-order valence-electron chi connectivity index (χ3n) is 1.57. The van der Waals surface area contributed by atoms with Crippen LogP contribution >= 0.6 is 15.9 Å². The molecule has 6 nitrogen and oxygen atoms in total. The molecular weight excluding hydrogens is 268 g/mol. The Labute approximate surface area is 93.5 Å². The van der Waals surface area contributed by atoms with Crippen LogP contribution < -0.4 is 5.32 Å². The van der Waals surface area contributed by atoms with Gasteiger partial charge in [0.25, 0.3) is 5.69 Å². The molecule has 0 spiro atoms. The van der Waals surface area contributed by atoms with Gasteiger partial charge in [0.2, 0.25) is 0 Å². The van der Waals surface area contributed by atoms with E-state index in [9.17, 15) is 14.9 Å². The molecule has 0 aliphatic carbocycles. The molecule has 1 aromatic rings. The summed E-state index contributed by atoms with van der Waals surface area (Å²) in [6, 6.07) is 4.23. The van der Waals surface area contributed by atoms with Crippen molar-refractivity contribution in [3.63, 3.8) is 0 Å². The lowest BCUT2D eigenvalue weighted by Gasteiger charge is -2.03. The van der Waals surface area contributed by atoms with E-state index >= 15 is 0 Å². The first-order chi connectivity index (χ1) is 7.04. The van der Waals surface area contributed by atoms with Crippen molar-refractivity contribution in [1.82, 2.24) is 0 Å². The number of halogens is 1. The van der Waals surface area contributed by atoms with Crippen molar-refractivity contribution in [1.29, 1.82) is 0 Å². The van der Waals surface area contributed by atoms with E-state index in [4.69, 9.17) is 0 Å². The maximum atomic E-state index is 10.8. The molecule has 0 unspecified atom stereocenters. The summed E-state index contributed by atoms with van der Waals surface area (Å²) >= 11 is 3.03. The van der Waals surface area contributed by atoms with Crippen molar-refractivity contribution >= 4 is 33.4 Å². The Morgan fingerprint density at radius 2 is 2.27 bits per heavy atom. The minimum atomic E-state index is -0.674. The number of hydrogen-bond donors (Lipinski definition) is 1. The van der Waals surface area contributed by atoms with Crippen LogP contribution in [0.3, 0.4) is 0 Å². The van der Waals surface area contributed by atoms with E-state index in [1.54, 1.807) is 0 Å². The van der Waals surface area contributed by atoms with Crippen molar-refractivity contribution in [2.24, 2.45) is 0 Å². The van der Waals surface area contributed by atoms with Crippen LogP contribution in [0.15, 0.2) is 22.7 Å². The summed E-state index contributed by atoms with van der Waals surface area (Å²) in [4.78, 5) is 20.8. The Morgan fingerprint density at radius 3 is 2.80 bits per heavy atom. The van der Waals surface area contributed by atoms with E-state index in [0.29, 0.717) is 10.2 Å². The van der Waals surface area contributed by atoms with Crippen LogP contribution in [-0.2, 0) is 4.74 Å². The molecule has 1 rings (SSSR count). The van der Waals surface area contributed by atoms with E-state index in [1.165, 1.54) is 25.3 Å². The average Bonchev–Trinajstić information content (AvgIpc) is 2.20. The number of nitrogens with one attached hydrogen (secondary N) is 1. The molecule has 0 radical (unpaired) electrons. The van der Waals surface area contributed by atoms with E-state index in [-0.39, 0.29) is 5.69 Å². The van der Waals surface area contributed by atoms with Gasteiger partial charge in [0.15, 0.2) is 0 Å². The van der Waals surface area contributed by atoms with E-state index in [1.807, 2.05) is 0 Å². The number of benzene rings is 1. The third-order valence-corrected chi connectivity index (χ3v) is 2.25. The highest BCUT2D eigenvalue weighted by molar-refractivity contribution is 9.10. The van der Waals surface area contributed by atoms with Crippen molar-refractivity contribution in [2.45, 2.75) is 0 Å². The molecule has 1 amide bonds. The van der Waals surface area contributed by atoms with Crippen molar-refractivity contribution < 1.29 is 14.5 Å². The van der Waals surface area contributed by atoms with Gasteiger partial charge < -0.3 is 4.74 Å². The van der Waals surface area contributed by atoms with Crippen molar-refractivity contribution in [3.05, 3.63) is 32.8 Å². The van der Waals surface area contributed by atoms with Crippen LogP contribution in [0.4, 0.5) is 16.2 Å². The molecule has 15 heavy (non-hydrogen) atoms. The molecule has 0 atom stereocenters. The first kappa shape index (κ1) is 11.4. The first-order valence-corrected chi connectivity index (χ1v) is 4.63. The number of carbonyl (C=O) groups excluding carboxylic acids is 1. The Balaban J connectivity index is 2.97.